The molecule has 0 unspecified atom stereocenters. The van der Waals surface area contributed by atoms with Crippen molar-refractivity contribution >= 4 is 55.2 Å². The molecule has 11 heteroatoms. The van der Waals surface area contributed by atoms with Crippen LogP contribution >= 0.6 is 23.1 Å². The number of esters is 1. The lowest BCUT2D eigenvalue weighted by Gasteiger charge is -2.05. The average molecular weight is 466 g/mol. The van der Waals surface area contributed by atoms with Crippen molar-refractivity contribution < 1.29 is 22.7 Å². The lowest BCUT2D eigenvalue weighted by Crippen LogP contribution is -2.22. The second kappa shape index (κ2) is 9.13. The summed E-state index contributed by atoms with van der Waals surface area (Å²) in [5, 5.41) is 5.21. The summed E-state index contributed by atoms with van der Waals surface area (Å²) < 4.78 is 30.1. The van der Waals surface area contributed by atoms with E-state index in [1.165, 1.54) is 41.6 Å². The number of carbonyl (C=O) groups is 2. The van der Waals surface area contributed by atoms with Gasteiger partial charge >= 0.3 is 5.97 Å². The number of nitrogens with two attached hydrogens (primary N) is 1. The first kappa shape index (κ1) is 22.2. The summed E-state index contributed by atoms with van der Waals surface area (Å²) >= 11 is 2.62. The van der Waals surface area contributed by atoms with Gasteiger partial charge in [-0.25, -0.2) is 13.6 Å². The van der Waals surface area contributed by atoms with Crippen molar-refractivity contribution in [1.82, 2.24) is 4.57 Å². The van der Waals surface area contributed by atoms with Crippen LogP contribution in [0.4, 0.5) is 0 Å². The first-order chi connectivity index (χ1) is 14.2. The van der Waals surface area contributed by atoms with Crippen LogP contribution in [0.2, 0.25) is 0 Å². The van der Waals surface area contributed by atoms with Crippen molar-refractivity contribution in [3.8, 4) is 0 Å². The topological polar surface area (TPSA) is 121 Å². The van der Waals surface area contributed by atoms with Gasteiger partial charge in [0.05, 0.1) is 27.8 Å². The van der Waals surface area contributed by atoms with Gasteiger partial charge in [0.25, 0.3) is 5.91 Å². The SMILES string of the molecule is CCSc1ccccc1C(=O)N=c1sc2cc(S(N)(=O)=O)ccc2n1CC(=O)OC. The van der Waals surface area contributed by atoms with Crippen molar-refractivity contribution in [3.05, 3.63) is 52.8 Å². The number of rotatable bonds is 6. The molecule has 3 aromatic rings. The minimum absolute atomic E-state index is 0.0657. The quantitative estimate of drug-likeness (QED) is 0.441. The Morgan fingerprint density at radius 3 is 2.63 bits per heavy atom. The number of hydrogen-bond donors (Lipinski definition) is 1. The fraction of sp³-hybridized carbons (Fsp3) is 0.211. The van der Waals surface area contributed by atoms with Gasteiger partial charge in [-0.2, -0.15) is 4.99 Å². The largest absolute Gasteiger partial charge is 0.468 e. The van der Waals surface area contributed by atoms with E-state index in [-0.39, 0.29) is 16.2 Å². The van der Waals surface area contributed by atoms with E-state index in [4.69, 9.17) is 9.88 Å². The highest BCUT2D eigenvalue weighted by molar-refractivity contribution is 7.99. The molecule has 1 heterocycles. The Morgan fingerprint density at radius 1 is 1.23 bits per heavy atom. The molecule has 0 saturated carbocycles. The molecule has 1 aromatic heterocycles. The van der Waals surface area contributed by atoms with Crippen molar-refractivity contribution in [1.29, 1.82) is 0 Å². The minimum Gasteiger partial charge on any atom is -0.468 e. The summed E-state index contributed by atoms with van der Waals surface area (Å²) in [6, 6.07) is 11.4. The van der Waals surface area contributed by atoms with E-state index in [9.17, 15) is 18.0 Å². The van der Waals surface area contributed by atoms with E-state index in [1.807, 2.05) is 19.1 Å². The maximum Gasteiger partial charge on any atom is 0.325 e. The zero-order valence-electron chi connectivity index (χ0n) is 16.2. The highest BCUT2D eigenvalue weighted by atomic mass is 32.2. The molecule has 2 N–H and O–H groups in total. The molecular formula is C19H19N3O5S3. The number of aromatic nitrogens is 1. The predicted molar refractivity (Wildman–Crippen MR) is 116 cm³/mol. The summed E-state index contributed by atoms with van der Waals surface area (Å²) in [5.74, 6) is -0.185. The van der Waals surface area contributed by atoms with Gasteiger partial charge in [0.15, 0.2) is 4.80 Å². The standard InChI is InChI=1S/C19H19N3O5S3/c1-3-28-15-7-5-4-6-13(15)18(24)21-19-22(11-17(23)27-2)14-9-8-12(30(20,25)26)10-16(14)29-19/h4-10H,3,11H2,1-2H3,(H2,20,25,26). The summed E-state index contributed by atoms with van der Waals surface area (Å²) in [7, 11) is -2.64. The Kier molecular flexibility index (Phi) is 6.76. The number of fused-ring (bicyclic) bond motifs is 1. The molecule has 0 radical (unpaired) electrons. The fourth-order valence-electron chi connectivity index (χ4n) is 2.73. The Bertz CT molecular complexity index is 1290. The van der Waals surface area contributed by atoms with Gasteiger partial charge in [-0.05, 0) is 36.1 Å². The zero-order valence-corrected chi connectivity index (χ0v) is 18.6. The van der Waals surface area contributed by atoms with Crippen LogP contribution in [0.5, 0.6) is 0 Å². The lowest BCUT2D eigenvalue weighted by molar-refractivity contribution is -0.141. The molecule has 0 saturated heterocycles. The number of amides is 1. The molecule has 2 aromatic carbocycles. The summed E-state index contributed by atoms with van der Waals surface area (Å²) in [6.45, 7) is 1.81. The predicted octanol–water partition coefficient (Wildman–Crippen LogP) is 2.38. The van der Waals surface area contributed by atoms with E-state index in [2.05, 4.69) is 4.99 Å². The number of benzene rings is 2. The number of hydrogen-bond acceptors (Lipinski definition) is 7. The van der Waals surface area contributed by atoms with Gasteiger partial charge in [0.1, 0.15) is 6.54 Å². The fourth-order valence-corrected chi connectivity index (χ4v) is 5.21. The molecule has 0 aliphatic heterocycles. The molecule has 0 aliphatic carbocycles. The van der Waals surface area contributed by atoms with Crippen molar-refractivity contribution in [2.75, 3.05) is 12.9 Å². The third-order valence-corrected chi connectivity index (χ3v) is 7.02. The first-order valence-corrected chi connectivity index (χ1v) is 12.1. The Balaban J connectivity index is 2.19. The van der Waals surface area contributed by atoms with E-state index in [0.717, 1.165) is 22.0 Å². The molecule has 158 valence electrons. The van der Waals surface area contributed by atoms with Crippen LogP contribution in [0.3, 0.4) is 0 Å². The number of methoxy groups -OCH3 is 1. The zero-order chi connectivity index (χ0) is 21.9. The maximum atomic E-state index is 12.9. The van der Waals surface area contributed by atoms with Gasteiger partial charge in [-0.3, -0.25) is 9.59 Å². The first-order valence-electron chi connectivity index (χ1n) is 8.78. The monoisotopic (exact) mass is 465 g/mol. The minimum atomic E-state index is -3.90. The number of primary sulfonamides is 1. The highest BCUT2D eigenvalue weighted by Crippen LogP contribution is 2.24. The number of nitrogens with zero attached hydrogens (tertiary/aromatic N) is 2. The lowest BCUT2D eigenvalue weighted by atomic mass is 10.2. The maximum absolute atomic E-state index is 12.9. The summed E-state index contributed by atoms with van der Waals surface area (Å²) in [6.07, 6.45) is 0. The average Bonchev–Trinajstić information content (AvgIpc) is 3.04. The van der Waals surface area contributed by atoms with E-state index in [1.54, 1.807) is 12.1 Å². The van der Waals surface area contributed by atoms with Crippen LogP contribution in [0.15, 0.2) is 57.2 Å². The molecular weight excluding hydrogens is 446 g/mol. The molecule has 8 nitrogen and oxygen atoms in total. The second-order valence-electron chi connectivity index (χ2n) is 6.07. The molecule has 0 atom stereocenters. The van der Waals surface area contributed by atoms with Crippen molar-refractivity contribution in [2.45, 2.75) is 23.3 Å². The van der Waals surface area contributed by atoms with Gasteiger partial charge in [-0.1, -0.05) is 30.4 Å². The molecule has 0 spiro atoms. The normalized spacial score (nSPS) is 12.3. The second-order valence-corrected chi connectivity index (χ2v) is 9.94. The van der Waals surface area contributed by atoms with Crippen LogP contribution in [0.25, 0.3) is 10.2 Å². The van der Waals surface area contributed by atoms with Crippen LogP contribution < -0.4 is 9.94 Å². The summed E-state index contributed by atoms with van der Waals surface area (Å²) in [4.78, 5) is 30.0. The third-order valence-electron chi connectivity index (χ3n) is 4.11. The van der Waals surface area contributed by atoms with Gasteiger partial charge in [0, 0.05) is 4.90 Å². The van der Waals surface area contributed by atoms with Crippen molar-refractivity contribution in [3.63, 3.8) is 0 Å². The van der Waals surface area contributed by atoms with Crippen LogP contribution in [-0.2, 0) is 26.1 Å². The van der Waals surface area contributed by atoms with E-state index in [0.29, 0.717) is 15.8 Å². The van der Waals surface area contributed by atoms with Crippen LogP contribution in [-0.4, -0.2) is 37.7 Å². The van der Waals surface area contributed by atoms with E-state index < -0.39 is 21.9 Å². The number of carbonyl (C=O) groups excluding carboxylic acids is 2. The number of thiazole rings is 1. The Hall–Kier alpha value is -2.47. The number of ether oxygens (including phenoxy) is 1. The van der Waals surface area contributed by atoms with Gasteiger partial charge in [0.2, 0.25) is 10.0 Å². The smallest absolute Gasteiger partial charge is 0.325 e. The molecule has 0 aliphatic rings. The Morgan fingerprint density at radius 2 is 1.97 bits per heavy atom. The van der Waals surface area contributed by atoms with Crippen LogP contribution in [0, 0.1) is 0 Å². The molecule has 1 amide bonds. The molecule has 3 rings (SSSR count). The summed E-state index contributed by atoms with van der Waals surface area (Å²) in [5.41, 5.74) is 0.997. The van der Waals surface area contributed by atoms with Gasteiger partial charge in [-0.15, -0.1) is 11.8 Å². The molecule has 0 bridgehead atoms. The van der Waals surface area contributed by atoms with Gasteiger partial charge < -0.3 is 9.30 Å². The molecule has 0 fully saturated rings. The highest BCUT2D eigenvalue weighted by Gasteiger charge is 2.16. The molecule has 30 heavy (non-hydrogen) atoms. The van der Waals surface area contributed by atoms with E-state index >= 15 is 0 Å². The number of sulfonamides is 1. The number of thioether (sulfide) groups is 1. The van der Waals surface area contributed by atoms with Crippen molar-refractivity contribution in [2.24, 2.45) is 10.1 Å². The van der Waals surface area contributed by atoms with Crippen LogP contribution in [0.1, 0.15) is 17.3 Å². The Labute approximate surface area is 181 Å². The third kappa shape index (κ3) is 4.81.